The molecule has 0 spiro atoms. The van der Waals surface area contributed by atoms with Gasteiger partial charge < -0.3 is 20.4 Å². The van der Waals surface area contributed by atoms with Crippen LogP contribution in [0.2, 0.25) is 0 Å². The molecule has 162 valence electrons. The van der Waals surface area contributed by atoms with Crippen LogP contribution in [0.3, 0.4) is 0 Å². The van der Waals surface area contributed by atoms with E-state index < -0.39 is 48.1 Å². The van der Waals surface area contributed by atoms with Crippen molar-refractivity contribution in [2.45, 2.75) is 84.0 Å². The van der Waals surface area contributed by atoms with E-state index in [1.165, 1.54) is 32.1 Å². The van der Waals surface area contributed by atoms with Gasteiger partial charge in [-0.05, 0) is 6.42 Å². The molecule has 0 aromatic heterocycles. The Morgan fingerprint density at radius 1 is 0.607 bits per heavy atom. The molecule has 0 rings (SSSR count). The van der Waals surface area contributed by atoms with Crippen molar-refractivity contribution in [3.05, 3.63) is 0 Å². The average molecular weight is 402 g/mol. The first-order valence-electron chi connectivity index (χ1n) is 10.1. The number of carboxylic acids is 4. The average Bonchev–Trinajstić information content (AvgIpc) is 2.60. The summed E-state index contributed by atoms with van der Waals surface area (Å²) >= 11 is 0. The Morgan fingerprint density at radius 2 is 1.04 bits per heavy atom. The van der Waals surface area contributed by atoms with Crippen LogP contribution in [0.4, 0.5) is 0 Å². The minimum absolute atomic E-state index is 0.0200. The Balaban J connectivity index is 4.56. The highest BCUT2D eigenvalue weighted by atomic mass is 16.4. The summed E-state index contributed by atoms with van der Waals surface area (Å²) in [7, 11) is 0. The Bertz CT molecular complexity index is 502. The van der Waals surface area contributed by atoms with E-state index in [1.54, 1.807) is 0 Å². The highest BCUT2D eigenvalue weighted by molar-refractivity contribution is 5.87. The van der Waals surface area contributed by atoms with Crippen LogP contribution in [0.15, 0.2) is 0 Å². The lowest BCUT2D eigenvalue weighted by atomic mass is 9.77. The first-order valence-corrected chi connectivity index (χ1v) is 10.1. The van der Waals surface area contributed by atoms with Crippen molar-refractivity contribution in [3.8, 4) is 0 Å². The molecule has 3 atom stereocenters. The molecule has 0 aromatic rings. The third-order valence-corrected chi connectivity index (χ3v) is 5.05. The summed E-state index contributed by atoms with van der Waals surface area (Å²) in [5, 5.41) is 36.8. The van der Waals surface area contributed by atoms with Crippen molar-refractivity contribution in [1.29, 1.82) is 0 Å². The molecule has 0 heterocycles. The topological polar surface area (TPSA) is 149 Å². The van der Waals surface area contributed by atoms with Crippen LogP contribution in [0.1, 0.15) is 84.0 Å². The third kappa shape index (κ3) is 10.9. The lowest BCUT2D eigenvalue weighted by Gasteiger charge is -2.25. The van der Waals surface area contributed by atoms with Gasteiger partial charge in [0.25, 0.3) is 0 Å². The Morgan fingerprint density at radius 3 is 1.39 bits per heavy atom. The van der Waals surface area contributed by atoms with Crippen LogP contribution < -0.4 is 0 Å². The summed E-state index contributed by atoms with van der Waals surface area (Å²) in [6.07, 6.45) is 9.45. The molecule has 0 bridgehead atoms. The van der Waals surface area contributed by atoms with E-state index in [-0.39, 0.29) is 6.42 Å². The molecule has 0 saturated carbocycles. The molecule has 0 aromatic carbocycles. The van der Waals surface area contributed by atoms with E-state index in [9.17, 15) is 34.5 Å². The lowest BCUT2D eigenvalue weighted by molar-refractivity contribution is -0.164. The van der Waals surface area contributed by atoms with Gasteiger partial charge in [-0.25, -0.2) is 0 Å². The standard InChI is InChI=1S/C20H34O8/c1-2-3-4-5-6-7-8-9-10-11-12-14(18(23)24)17(20(27)28)15(19(25)26)13-16(21)22/h14-15,17H,2-13H2,1H3,(H,21,22)(H,23,24)(H,25,26)(H,27,28). The zero-order valence-corrected chi connectivity index (χ0v) is 16.6. The van der Waals surface area contributed by atoms with Crippen molar-refractivity contribution in [2.24, 2.45) is 17.8 Å². The second kappa shape index (κ2) is 14.9. The normalized spacial score (nSPS) is 14.2. The molecule has 0 fully saturated rings. The molecule has 0 aliphatic carbocycles. The van der Waals surface area contributed by atoms with Crippen molar-refractivity contribution in [2.75, 3.05) is 0 Å². The van der Waals surface area contributed by atoms with E-state index in [0.717, 1.165) is 25.7 Å². The van der Waals surface area contributed by atoms with Gasteiger partial charge in [0.05, 0.1) is 24.2 Å². The van der Waals surface area contributed by atoms with Gasteiger partial charge in [-0.2, -0.15) is 0 Å². The molecule has 0 radical (unpaired) electrons. The van der Waals surface area contributed by atoms with Crippen LogP contribution in [-0.2, 0) is 19.2 Å². The molecule has 0 saturated heterocycles. The predicted molar refractivity (Wildman–Crippen MR) is 102 cm³/mol. The summed E-state index contributed by atoms with van der Waals surface area (Å²) in [5.74, 6) is -11.0. The van der Waals surface area contributed by atoms with E-state index in [2.05, 4.69) is 6.92 Å². The maximum Gasteiger partial charge on any atom is 0.308 e. The molecule has 8 nitrogen and oxygen atoms in total. The minimum atomic E-state index is -1.78. The van der Waals surface area contributed by atoms with Crippen LogP contribution in [0.5, 0.6) is 0 Å². The molecule has 8 heteroatoms. The number of carboxylic acid groups (broad SMARTS) is 4. The Labute approximate surface area is 165 Å². The van der Waals surface area contributed by atoms with Gasteiger partial charge in [0, 0.05) is 0 Å². The maximum absolute atomic E-state index is 11.5. The smallest absolute Gasteiger partial charge is 0.308 e. The molecule has 0 aliphatic heterocycles. The molecular weight excluding hydrogens is 368 g/mol. The highest BCUT2D eigenvalue weighted by Gasteiger charge is 2.43. The van der Waals surface area contributed by atoms with Gasteiger partial charge in [-0.1, -0.05) is 71.1 Å². The van der Waals surface area contributed by atoms with Crippen LogP contribution in [0.25, 0.3) is 0 Å². The van der Waals surface area contributed by atoms with E-state index in [1.807, 2.05) is 0 Å². The van der Waals surface area contributed by atoms with E-state index in [4.69, 9.17) is 5.11 Å². The van der Waals surface area contributed by atoms with Crippen LogP contribution in [0, 0.1) is 17.8 Å². The summed E-state index contributed by atoms with van der Waals surface area (Å²) in [6, 6.07) is 0. The van der Waals surface area contributed by atoms with E-state index >= 15 is 0 Å². The van der Waals surface area contributed by atoms with Gasteiger partial charge in [-0.3, -0.25) is 19.2 Å². The number of hydrogen-bond donors (Lipinski definition) is 4. The fourth-order valence-corrected chi connectivity index (χ4v) is 3.49. The molecule has 4 N–H and O–H groups in total. The maximum atomic E-state index is 11.5. The summed E-state index contributed by atoms with van der Waals surface area (Å²) < 4.78 is 0. The fraction of sp³-hybridized carbons (Fsp3) is 0.800. The lowest BCUT2D eigenvalue weighted by Crippen LogP contribution is -2.40. The van der Waals surface area contributed by atoms with Crippen molar-refractivity contribution in [1.82, 2.24) is 0 Å². The first-order chi connectivity index (χ1) is 13.2. The summed E-state index contributed by atoms with van der Waals surface area (Å²) in [5.41, 5.74) is 0. The van der Waals surface area contributed by atoms with Gasteiger partial charge in [0.2, 0.25) is 0 Å². The number of carbonyl (C=O) groups is 4. The Hall–Kier alpha value is -2.12. The minimum Gasteiger partial charge on any atom is -0.481 e. The number of hydrogen-bond acceptors (Lipinski definition) is 4. The number of rotatable bonds is 18. The van der Waals surface area contributed by atoms with Gasteiger partial charge in [0.15, 0.2) is 0 Å². The number of unbranched alkanes of at least 4 members (excludes halogenated alkanes) is 9. The quantitative estimate of drug-likeness (QED) is 0.252. The zero-order chi connectivity index (χ0) is 21.5. The monoisotopic (exact) mass is 402 g/mol. The SMILES string of the molecule is CCCCCCCCCCCCC(C(=O)O)C(C(=O)O)C(CC(=O)O)C(=O)O. The molecule has 0 aliphatic rings. The van der Waals surface area contributed by atoms with Gasteiger partial charge in [-0.15, -0.1) is 0 Å². The second-order valence-electron chi connectivity index (χ2n) is 7.32. The first kappa shape index (κ1) is 25.9. The number of aliphatic carboxylic acids is 4. The largest absolute Gasteiger partial charge is 0.481 e. The molecular formula is C20H34O8. The summed E-state index contributed by atoms with van der Waals surface area (Å²) in [6.45, 7) is 2.17. The highest BCUT2D eigenvalue weighted by Crippen LogP contribution is 2.30. The fourth-order valence-electron chi connectivity index (χ4n) is 3.49. The second-order valence-corrected chi connectivity index (χ2v) is 7.32. The van der Waals surface area contributed by atoms with Gasteiger partial charge in [0.1, 0.15) is 0 Å². The third-order valence-electron chi connectivity index (χ3n) is 5.05. The molecule has 3 unspecified atom stereocenters. The van der Waals surface area contributed by atoms with Crippen LogP contribution >= 0.6 is 0 Å². The molecule has 0 amide bonds. The summed E-state index contributed by atoms with van der Waals surface area (Å²) in [4.78, 5) is 45.3. The predicted octanol–water partition coefficient (Wildman–Crippen LogP) is 3.87. The van der Waals surface area contributed by atoms with Crippen molar-refractivity contribution in [3.63, 3.8) is 0 Å². The van der Waals surface area contributed by atoms with E-state index in [0.29, 0.717) is 6.42 Å². The van der Waals surface area contributed by atoms with Crippen molar-refractivity contribution >= 4 is 23.9 Å². The van der Waals surface area contributed by atoms with Crippen LogP contribution in [-0.4, -0.2) is 44.3 Å². The van der Waals surface area contributed by atoms with Crippen molar-refractivity contribution < 1.29 is 39.6 Å². The Kier molecular flexibility index (Phi) is 13.8. The van der Waals surface area contributed by atoms with Gasteiger partial charge >= 0.3 is 23.9 Å². The molecule has 28 heavy (non-hydrogen) atoms. The zero-order valence-electron chi connectivity index (χ0n) is 16.6.